The highest BCUT2D eigenvalue weighted by atomic mass is 16.5. The van der Waals surface area contributed by atoms with E-state index in [9.17, 15) is 4.79 Å². The van der Waals surface area contributed by atoms with Crippen LogP contribution >= 0.6 is 0 Å². The number of benzene rings is 1. The summed E-state index contributed by atoms with van der Waals surface area (Å²) in [6.45, 7) is 5.01. The summed E-state index contributed by atoms with van der Waals surface area (Å²) in [5, 5.41) is 3.05. The molecule has 1 atom stereocenters. The van der Waals surface area contributed by atoms with Crippen LogP contribution in [0, 0.1) is 0 Å². The van der Waals surface area contributed by atoms with Crippen LogP contribution in [0.3, 0.4) is 0 Å². The molecule has 2 fully saturated rings. The Kier molecular flexibility index (Phi) is 4.41. The van der Waals surface area contributed by atoms with Gasteiger partial charge in [0.05, 0.1) is 44.6 Å². The van der Waals surface area contributed by atoms with Crippen molar-refractivity contribution < 1.29 is 14.4 Å². The third kappa shape index (κ3) is 3.36. The summed E-state index contributed by atoms with van der Waals surface area (Å²) >= 11 is 0. The van der Waals surface area contributed by atoms with Crippen LogP contribution in [0.25, 0.3) is 0 Å². The molecule has 21 heavy (non-hydrogen) atoms. The van der Waals surface area contributed by atoms with Crippen molar-refractivity contribution in [1.82, 2.24) is 0 Å². The molecule has 1 amide bonds. The zero-order valence-electron chi connectivity index (χ0n) is 12.6. The molecule has 0 unspecified atom stereocenters. The van der Waals surface area contributed by atoms with Crippen LogP contribution in [0.1, 0.15) is 12.8 Å². The van der Waals surface area contributed by atoms with Gasteiger partial charge in [-0.05, 0) is 25.0 Å². The molecule has 0 bridgehead atoms. The molecule has 0 aromatic heterocycles. The minimum Gasteiger partial charge on any atom is -0.368 e. The van der Waals surface area contributed by atoms with Crippen LogP contribution in [0.15, 0.2) is 24.3 Å². The van der Waals surface area contributed by atoms with Gasteiger partial charge in [0, 0.05) is 6.61 Å². The number of likely N-dealkylation sites (N-methyl/N-ethyl adjacent to an activating group) is 1. The number of piperazine rings is 1. The summed E-state index contributed by atoms with van der Waals surface area (Å²) in [7, 11) is 2.22. The van der Waals surface area contributed by atoms with Gasteiger partial charge < -0.3 is 19.9 Å². The van der Waals surface area contributed by atoms with Crippen LogP contribution in [-0.2, 0) is 9.53 Å². The fraction of sp³-hybridized carbons (Fsp3) is 0.562. The summed E-state index contributed by atoms with van der Waals surface area (Å²) in [6.07, 6.45) is 1.52. The van der Waals surface area contributed by atoms with Crippen LogP contribution in [0.5, 0.6) is 0 Å². The Morgan fingerprint density at radius 3 is 2.81 bits per heavy atom. The van der Waals surface area contributed by atoms with Gasteiger partial charge in [0.25, 0.3) is 5.91 Å². The van der Waals surface area contributed by atoms with Crippen molar-refractivity contribution >= 4 is 17.3 Å². The number of quaternary nitrogens is 1. The Morgan fingerprint density at radius 1 is 1.33 bits per heavy atom. The Labute approximate surface area is 125 Å². The summed E-state index contributed by atoms with van der Waals surface area (Å²) in [5.74, 6) is -0.0142. The topological polar surface area (TPSA) is 46.0 Å². The highest BCUT2D eigenvalue weighted by Crippen LogP contribution is 2.26. The van der Waals surface area contributed by atoms with E-state index in [-0.39, 0.29) is 12.0 Å². The Morgan fingerprint density at radius 2 is 2.10 bits per heavy atom. The fourth-order valence-corrected chi connectivity index (χ4v) is 2.98. The summed E-state index contributed by atoms with van der Waals surface area (Å²) in [6, 6.07) is 8.07. The number of nitrogens with zero attached hydrogens (tertiary/aromatic N) is 1. The lowest BCUT2D eigenvalue weighted by atomic mass is 10.2. The Balaban J connectivity index is 1.71. The lowest BCUT2D eigenvalue weighted by Crippen LogP contribution is -3.12. The molecule has 2 saturated heterocycles. The van der Waals surface area contributed by atoms with Crippen molar-refractivity contribution in [1.29, 1.82) is 0 Å². The summed E-state index contributed by atoms with van der Waals surface area (Å²) in [5.41, 5.74) is 2.02. The van der Waals surface area contributed by atoms with Crippen molar-refractivity contribution in [2.45, 2.75) is 18.9 Å². The first-order valence-electron chi connectivity index (χ1n) is 7.82. The number of ether oxygens (including phenoxy) is 1. The molecule has 0 saturated carbocycles. The number of para-hydroxylation sites is 2. The lowest BCUT2D eigenvalue weighted by Gasteiger charge is -2.33. The molecule has 5 nitrogen and oxygen atoms in total. The van der Waals surface area contributed by atoms with E-state index in [1.165, 1.54) is 0 Å². The van der Waals surface area contributed by atoms with Gasteiger partial charge in [-0.25, -0.2) is 0 Å². The number of hydrogen-bond donors (Lipinski definition) is 2. The molecule has 114 valence electrons. The third-order valence-corrected chi connectivity index (χ3v) is 4.34. The first-order valence-corrected chi connectivity index (χ1v) is 7.82. The van der Waals surface area contributed by atoms with Crippen molar-refractivity contribution in [3.8, 4) is 0 Å². The Bertz CT molecular complexity index is 492. The smallest absolute Gasteiger partial charge is 0.253 e. The first kappa shape index (κ1) is 14.4. The van der Waals surface area contributed by atoms with Crippen LogP contribution in [0.4, 0.5) is 11.4 Å². The largest absolute Gasteiger partial charge is 0.368 e. The van der Waals surface area contributed by atoms with Crippen molar-refractivity contribution in [3.05, 3.63) is 24.3 Å². The zero-order chi connectivity index (χ0) is 14.7. The van der Waals surface area contributed by atoms with Gasteiger partial charge in [0.2, 0.25) is 0 Å². The molecular formula is C16H24N3O2+. The molecular weight excluding hydrogens is 266 g/mol. The molecule has 1 aromatic rings. The molecule has 5 heteroatoms. The SMILES string of the molecule is C[NH+]1CCN(c2ccccc2NC(=O)[C@H]2CCCO2)CC1. The minimum atomic E-state index is -0.282. The second-order valence-electron chi connectivity index (χ2n) is 5.95. The van der Waals surface area contributed by atoms with E-state index in [0.717, 1.165) is 50.4 Å². The lowest BCUT2D eigenvalue weighted by molar-refractivity contribution is -0.880. The van der Waals surface area contributed by atoms with Crippen LogP contribution in [0.2, 0.25) is 0 Å². The minimum absolute atomic E-state index is 0.0142. The summed E-state index contributed by atoms with van der Waals surface area (Å²) in [4.78, 5) is 16.2. The van der Waals surface area contributed by atoms with Gasteiger partial charge in [-0.15, -0.1) is 0 Å². The average Bonchev–Trinajstić information content (AvgIpc) is 3.03. The highest BCUT2D eigenvalue weighted by Gasteiger charge is 2.25. The standard InChI is InChI=1S/C16H23N3O2/c1-18-8-10-19(11-9-18)14-6-3-2-5-13(14)17-16(20)15-7-4-12-21-15/h2-3,5-6,15H,4,7-12H2,1H3,(H,17,20)/p+1/t15-/m1/s1. The zero-order valence-corrected chi connectivity index (χ0v) is 12.6. The molecule has 3 rings (SSSR count). The maximum atomic E-state index is 12.2. The third-order valence-electron chi connectivity index (χ3n) is 4.34. The molecule has 0 radical (unpaired) electrons. The Hall–Kier alpha value is -1.59. The van der Waals surface area contributed by atoms with Gasteiger partial charge in [-0.3, -0.25) is 4.79 Å². The molecule has 2 N–H and O–H groups in total. The van der Waals surface area contributed by atoms with Gasteiger partial charge in [0.1, 0.15) is 6.10 Å². The molecule has 2 aliphatic rings. The van der Waals surface area contributed by atoms with E-state index in [4.69, 9.17) is 4.74 Å². The predicted octanol–water partition coefficient (Wildman–Crippen LogP) is 0.139. The molecule has 1 aromatic carbocycles. The highest BCUT2D eigenvalue weighted by molar-refractivity contribution is 5.97. The summed E-state index contributed by atoms with van der Waals surface area (Å²) < 4.78 is 5.46. The maximum absolute atomic E-state index is 12.2. The normalized spacial score (nSPS) is 23.3. The van der Waals surface area contributed by atoms with Crippen molar-refractivity contribution in [2.24, 2.45) is 0 Å². The first-order chi connectivity index (χ1) is 10.2. The van der Waals surface area contributed by atoms with Crippen molar-refractivity contribution in [2.75, 3.05) is 50.1 Å². The number of hydrogen-bond acceptors (Lipinski definition) is 3. The van der Waals surface area contributed by atoms with E-state index < -0.39 is 0 Å². The van der Waals surface area contributed by atoms with Gasteiger partial charge in [-0.1, -0.05) is 12.1 Å². The quantitative estimate of drug-likeness (QED) is 0.832. The average molecular weight is 290 g/mol. The van der Waals surface area contributed by atoms with E-state index in [1.54, 1.807) is 4.90 Å². The van der Waals surface area contributed by atoms with E-state index in [2.05, 4.69) is 23.3 Å². The number of amides is 1. The van der Waals surface area contributed by atoms with E-state index in [0.29, 0.717) is 6.61 Å². The second kappa shape index (κ2) is 6.45. The molecule has 2 aliphatic heterocycles. The van der Waals surface area contributed by atoms with Gasteiger partial charge in [0.15, 0.2) is 0 Å². The molecule has 0 aliphatic carbocycles. The fourth-order valence-electron chi connectivity index (χ4n) is 2.98. The number of rotatable bonds is 3. The monoisotopic (exact) mass is 290 g/mol. The number of anilines is 2. The maximum Gasteiger partial charge on any atom is 0.253 e. The van der Waals surface area contributed by atoms with E-state index in [1.807, 2.05) is 18.2 Å². The van der Waals surface area contributed by atoms with Gasteiger partial charge in [-0.2, -0.15) is 0 Å². The molecule has 2 heterocycles. The van der Waals surface area contributed by atoms with Crippen LogP contribution in [-0.4, -0.2) is 51.8 Å². The van der Waals surface area contributed by atoms with E-state index >= 15 is 0 Å². The van der Waals surface area contributed by atoms with Crippen LogP contribution < -0.4 is 15.1 Å². The van der Waals surface area contributed by atoms with Crippen molar-refractivity contribution in [3.63, 3.8) is 0 Å². The molecule has 0 spiro atoms. The predicted molar refractivity (Wildman–Crippen MR) is 82.9 cm³/mol. The van der Waals surface area contributed by atoms with Gasteiger partial charge >= 0.3 is 0 Å². The number of nitrogens with one attached hydrogen (secondary N) is 2. The number of carbonyl (C=O) groups is 1. The number of carbonyl (C=O) groups excluding carboxylic acids is 1. The second-order valence-corrected chi connectivity index (χ2v) is 5.95.